The van der Waals surface area contributed by atoms with Crippen molar-refractivity contribution in [2.75, 3.05) is 13.1 Å². The van der Waals surface area contributed by atoms with Crippen molar-refractivity contribution in [3.8, 4) is 5.75 Å². The van der Waals surface area contributed by atoms with Gasteiger partial charge in [-0.2, -0.15) is 0 Å². The van der Waals surface area contributed by atoms with E-state index in [1.165, 1.54) is 11.3 Å². The maximum absolute atomic E-state index is 12.6. The highest BCUT2D eigenvalue weighted by molar-refractivity contribution is 7.12. The van der Waals surface area contributed by atoms with Crippen molar-refractivity contribution in [1.82, 2.24) is 4.90 Å². The first-order chi connectivity index (χ1) is 12.2. The molecule has 0 unspecified atom stereocenters. The highest BCUT2D eigenvalue weighted by atomic mass is 32.1. The number of piperidine rings is 1. The summed E-state index contributed by atoms with van der Waals surface area (Å²) in [5.74, 6) is 1.76. The number of allylic oxidation sites excluding steroid dienone is 1. The molecule has 1 aromatic carbocycles. The van der Waals surface area contributed by atoms with Crippen molar-refractivity contribution in [3.63, 3.8) is 0 Å². The molecule has 0 N–H and O–H groups in total. The summed E-state index contributed by atoms with van der Waals surface area (Å²) >= 11 is 1.52. The maximum atomic E-state index is 12.6. The number of amides is 1. The van der Waals surface area contributed by atoms with Crippen molar-refractivity contribution in [2.24, 2.45) is 5.92 Å². The number of thiophene rings is 1. The van der Waals surface area contributed by atoms with Crippen molar-refractivity contribution in [2.45, 2.75) is 33.3 Å². The molecular formula is C21H25NO2S. The molecule has 4 heteroatoms. The summed E-state index contributed by atoms with van der Waals surface area (Å²) < 4.78 is 5.96. The van der Waals surface area contributed by atoms with E-state index in [1.54, 1.807) is 0 Å². The monoisotopic (exact) mass is 355 g/mol. The van der Waals surface area contributed by atoms with Crippen LogP contribution in [-0.4, -0.2) is 23.9 Å². The molecule has 3 rings (SSSR count). The predicted molar refractivity (Wildman–Crippen MR) is 104 cm³/mol. The van der Waals surface area contributed by atoms with Crippen LogP contribution in [-0.2, 0) is 6.61 Å². The quantitative estimate of drug-likeness (QED) is 0.735. The number of hydrogen-bond donors (Lipinski definition) is 0. The van der Waals surface area contributed by atoms with Gasteiger partial charge in [-0.3, -0.25) is 4.79 Å². The van der Waals surface area contributed by atoms with E-state index in [0.717, 1.165) is 53.6 Å². The number of para-hydroxylation sites is 1. The van der Waals surface area contributed by atoms with Crippen LogP contribution in [0.1, 0.15) is 47.5 Å². The highest BCUT2D eigenvalue weighted by Gasteiger charge is 2.22. The summed E-state index contributed by atoms with van der Waals surface area (Å²) in [6, 6.07) is 9.96. The number of carbonyl (C=O) groups excluding carboxylic acids is 1. The van der Waals surface area contributed by atoms with E-state index in [4.69, 9.17) is 4.74 Å². The van der Waals surface area contributed by atoms with Crippen LogP contribution in [0.2, 0.25) is 0 Å². The van der Waals surface area contributed by atoms with Crippen LogP contribution in [0.4, 0.5) is 0 Å². The Hall–Kier alpha value is -2.07. The molecule has 0 spiro atoms. The van der Waals surface area contributed by atoms with Crippen LogP contribution in [0.15, 0.2) is 41.8 Å². The van der Waals surface area contributed by atoms with Crippen molar-refractivity contribution in [1.29, 1.82) is 0 Å². The molecule has 132 valence electrons. The van der Waals surface area contributed by atoms with Crippen LogP contribution in [0.5, 0.6) is 5.75 Å². The number of likely N-dealkylation sites (tertiary alicyclic amines) is 1. The highest BCUT2D eigenvalue weighted by Crippen LogP contribution is 2.24. The van der Waals surface area contributed by atoms with Gasteiger partial charge in [0, 0.05) is 24.2 Å². The van der Waals surface area contributed by atoms with E-state index >= 15 is 0 Å². The smallest absolute Gasteiger partial charge is 0.263 e. The van der Waals surface area contributed by atoms with E-state index in [1.807, 2.05) is 59.7 Å². The van der Waals surface area contributed by atoms with Gasteiger partial charge in [-0.25, -0.2) is 0 Å². The van der Waals surface area contributed by atoms with E-state index in [9.17, 15) is 4.79 Å². The molecule has 3 nitrogen and oxygen atoms in total. The fourth-order valence-electron chi connectivity index (χ4n) is 3.02. The van der Waals surface area contributed by atoms with Crippen molar-refractivity contribution < 1.29 is 9.53 Å². The molecule has 2 aromatic rings. The predicted octanol–water partition coefficient (Wildman–Crippen LogP) is 5.23. The Morgan fingerprint density at radius 2 is 2.08 bits per heavy atom. The molecule has 25 heavy (non-hydrogen) atoms. The van der Waals surface area contributed by atoms with Crippen molar-refractivity contribution >= 4 is 23.3 Å². The Morgan fingerprint density at radius 1 is 1.32 bits per heavy atom. The second kappa shape index (κ2) is 8.34. The lowest BCUT2D eigenvalue weighted by atomic mass is 9.99. The molecule has 2 heterocycles. The normalized spacial score (nSPS) is 15.7. The molecule has 1 aliphatic heterocycles. The first kappa shape index (κ1) is 17.7. The lowest BCUT2D eigenvalue weighted by Crippen LogP contribution is -2.37. The first-order valence-electron chi connectivity index (χ1n) is 8.88. The fourth-order valence-corrected chi connectivity index (χ4v) is 3.89. The lowest BCUT2D eigenvalue weighted by Gasteiger charge is -2.29. The maximum Gasteiger partial charge on any atom is 0.263 e. The minimum Gasteiger partial charge on any atom is -0.488 e. The van der Waals surface area contributed by atoms with Gasteiger partial charge in [0.2, 0.25) is 0 Å². The number of rotatable bonds is 5. The van der Waals surface area contributed by atoms with Gasteiger partial charge in [0.25, 0.3) is 5.91 Å². The van der Waals surface area contributed by atoms with Gasteiger partial charge >= 0.3 is 0 Å². The number of ether oxygens (including phenoxy) is 1. The molecule has 1 saturated heterocycles. The Labute approximate surface area is 153 Å². The molecule has 0 saturated carbocycles. The summed E-state index contributed by atoms with van der Waals surface area (Å²) in [7, 11) is 0. The zero-order valence-corrected chi connectivity index (χ0v) is 15.7. The van der Waals surface area contributed by atoms with Crippen LogP contribution < -0.4 is 4.74 Å². The Kier molecular flexibility index (Phi) is 5.92. The van der Waals surface area contributed by atoms with Gasteiger partial charge in [0.1, 0.15) is 12.4 Å². The second-order valence-electron chi connectivity index (χ2n) is 6.62. The van der Waals surface area contributed by atoms with Gasteiger partial charge in [-0.15, -0.1) is 11.3 Å². The molecule has 1 amide bonds. The Morgan fingerprint density at radius 3 is 2.84 bits per heavy atom. The topological polar surface area (TPSA) is 29.5 Å². The van der Waals surface area contributed by atoms with E-state index in [0.29, 0.717) is 6.61 Å². The number of benzene rings is 1. The van der Waals surface area contributed by atoms with Crippen molar-refractivity contribution in [3.05, 3.63) is 57.8 Å². The SMILES string of the molecule is C/C=C/c1ccccc1OCc1csc(C(=O)N2CCC(C)CC2)c1. The van der Waals surface area contributed by atoms with E-state index < -0.39 is 0 Å². The van der Waals surface area contributed by atoms with Gasteiger partial charge in [0.05, 0.1) is 4.88 Å². The molecule has 1 aromatic heterocycles. The average Bonchev–Trinajstić information content (AvgIpc) is 3.10. The minimum atomic E-state index is 0.164. The van der Waals surface area contributed by atoms with Gasteiger partial charge in [0.15, 0.2) is 0 Å². The standard InChI is InChI=1S/C21H25NO2S/c1-3-6-18-7-4-5-8-19(18)24-14-17-13-20(25-15-17)21(23)22-11-9-16(2)10-12-22/h3-8,13,15-16H,9-12,14H2,1-2H3/b6-3+. The number of nitrogens with zero attached hydrogens (tertiary/aromatic N) is 1. The summed E-state index contributed by atoms with van der Waals surface area (Å²) in [6.45, 7) is 6.49. The van der Waals surface area contributed by atoms with Crippen LogP contribution in [0, 0.1) is 5.92 Å². The number of carbonyl (C=O) groups is 1. The average molecular weight is 356 g/mol. The molecule has 1 aliphatic rings. The minimum absolute atomic E-state index is 0.164. The Balaban J connectivity index is 1.61. The third-order valence-electron chi connectivity index (χ3n) is 4.59. The first-order valence-corrected chi connectivity index (χ1v) is 9.76. The molecule has 0 radical (unpaired) electrons. The molecular weight excluding hydrogens is 330 g/mol. The molecule has 0 bridgehead atoms. The third-order valence-corrected chi connectivity index (χ3v) is 5.56. The fraction of sp³-hybridized carbons (Fsp3) is 0.381. The lowest BCUT2D eigenvalue weighted by molar-refractivity contribution is 0.0702. The number of hydrogen-bond acceptors (Lipinski definition) is 3. The van der Waals surface area contributed by atoms with Crippen LogP contribution in [0.25, 0.3) is 6.08 Å². The summed E-state index contributed by atoms with van der Waals surface area (Å²) in [6.07, 6.45) is 6.25. The summed E-state index contributed by atoms with van der Waals surface area (Å²) in [4.78, 5) is 15.4. The second-order valence-corrected chi connectivity index (χ2v) is 7.53. The van der Waals surface area contributed by atoms with Crippen LogP contribution in [0.3, 0.4) is 0 Å². The largest absolute Gasteiger partial charge is 0.488 e. The van der Waals surface area contributed by atoms with Gasteiger partial charge in [-0.05, 0) is 43.2 Å². The van der Waals surface area contributed by atoms with Crippen LogP contribution >= 0.6 is 11.3 Å². The molecule has 0 atom stereocenters. The Bertz CT molecular complexity index is 742. The third kappa shape index (κ3) is 4.51. The summed E-state index contributed by atoms with van der Waals surface area (Å²) in [5, 5.41) is 2.03. The zero-order valence-electron chi connectivity index (χ0n) is 14.9. The van der Waals surface area contributed by atoms with E-state index in [-0.39, 0.29) is 5.91 Å². The van der Waals surface area contributed by atoms with Gasteiger partial charge in [-0.1, -0.05) is 37.3 Å². The molecule has 0 aliphatic carbocycles. The zero-order chi connectivity index (χ0) is 17.6. The van der Waals surface area contributed by atoms with E-state index in [2.05, 4.69) is 6.92 Å². The van der Waals surface area contributed by atoms with Gasteiger partial charge < -0.3 is 9.64 Å². The summed E-state index contributed by atoms with van der Waals surface area (Å²) in [5.41, 5.74) is 2.12. The molecule has 1 fully saturated rings.